The van der Waals surface area contributed by atoms with E-state index in [1.807, 2.05) is 35.6 Å². The number of amides is 1. The van der Waals surface area contributed by atoms with Crippen LogP contribution in [-0.4, -0.2) is 61.0 Å². The van der Waals surface area contributed by atoms with E-state index in [9.17, 15) is 13.6 Å². The molecule has 44 heavy (non-hydrogen) atoms. The molecule has 236 valence electrons. The third-order valence-corrected chi connectivity index (χ3v) is 8.45. The number of aryl methyl sites for hydroxylation is 1. The molecule has 0 bridgehead atoms. The quantitative estimate of drug-likeness (QED) is 0.122. The van der Waals surface area contributed by atoms with Gasteiger partial charge >= 0.3 is 0 Å². The van der Waals surface area contributed by atoms with Crippen LogP contribution in [0.1, 0.15) is 54.2 Å². The average Bonchev–Trinajstić information content (AvgIpc) is 3.71. The number of thiazole rings is 1. The second-order valence-corrected chi connectivity index (χ2v) is 13.8. The van der Waals surface area contributed by atoms with E-state index in [0.29, 0.717) is 54.4 Å². The number of benzene rings is 1. The van der Waals surface area contributed by atoms with Gasteiger partial charge in [0.25, 0.3) is 5.91 Å². The molecule has 2 N–H and O–H groups in total. The molecule has 0 radical (unpaired) electrons. The number of rotatable bonds is 15. The lowest BCUT2D eigenvalue weighted by Crippen LogP contribution is -2.41. The number of carbonyl (C=O) groups excluding carboxylic acids is 1. The Morgan fingerprint density at radius 2 is 1.86 bits per heavy atom. The molecule has 1 fully saturated rings. The van der Waals surface area contributed by atoms with Gasteiger partial charge in [-0.15, -0.1) is 11.3 Å². The number of nitrogens with zero attached hydrogens (tertiary/aromatic N) is 4. The van der Waals surface area contributed by atoms with Crippen LogP contribution in [0.4, 0.5) is 20.4 Å². The predicted octanol–water partition coefficient (Wildman–Crippen LogP) is 5.82. The van der Waals surface area contributed by atoms with Crippen molar-refractivity contribution in [2.24, 2.45) is 5.92 Å². The molecule has 8 nitrogen and oxygen atoms in total. The third kappa shape index (κ3) is 10.9. The minimum absolute atomic E-state index is 0.0290. The molecular formula is C32H40F2N6O2S2. The van der Waals surface area contributed by atoms with Crippen molar-refractivity contribution in [3.8, 4) is 17.6 Å². The summed E-state index contributed by atoms with van der Waals surface area (Å²) < 4.78 is 35.2. The van der Waals surface area contributed by atoms with Crippen LogP contribution in [0, 0.1) is 36.3 Å². The summed E-state index contributed by atoms with van der Waals surface area (Å²) in [6.45, 7) is 7.85. The van der Waals surface area contributed by atoms with E-state index in [1.54, 1.807) is 35.4 Å². The number of carbonyl (C=O) groups is 1. The van der Waals surface area contributed by atoms with Gasteiger partial charge < -0.3 is 24.6 Å². The summed E-state index contributed by atoms with van der Waals surface area (Å²) in [5, 5.41) is 9.63. The van der Waals surface area contributed by atoms with E-state index < -0.39 is 17.7 Å². The maximum absolute atomic E-state index is 13.8. The first-order valence-corrected chi connectivity index (χ1v) is 16.4. The smallest absolute Gasteiger partial charge is 0.251 e. The van der Waals surface area contributed by atoms with Crippen LogP contribution in [0.3, 0.4) is 0 Å². The average molecular weight is 643 g/mol. The van der Waals surface area contributed by atoms with Gasteiger partial charge in [-0.05, 0) is 56.8 Å². The Morgan fingerprint density at radius 3 is 2.52 bits per heavy atom. The molecule has 4 rings (SSSR count). The summed E-state index contributed by atoms with van der Waals surface area (Å²) in [4.78, 5) is 25.1. The molecule has 1 aliphatic rings. The largest absolute Gasteiger partial charge is 0.491 e. The molecule has 0 unspecified atom stereocenters. The van der Waals surface area contributed by atoms with Crippen molar-refractivity contribution in [1.29, 1.82) is 0 Å². The Bertz CT molecular complexity index is 1450. The van der Waals surface area contributed by atoms with E-state index in [0.717, 1.165) is 28.9 Å². The monoisotopic (exact) mass is 642 g/mol. The van der Waals surface area contributed by atoms with Crippen molar-refractivity contribution in [3.05, 3.63) is 63.6 Å². The lowest BCUT2D eigenvalue weighted by Gasteiger charge is -2.24. The highest BCUT2D eigenvalue weighted by molar-refractivity contribution is 8.01. The van der Waals surface area contributed by atoms with Gasteiger partial charge in [-0.25, -0.2) is 18.7 Å². The summed E-state index contributed by atoms with van der Waals surface area (Å²) in [7, 11) is 3.85. The standard InChI is InChI=1S/C32H40F2N6O2S2/c1-21(2)44-40(5)30-14-24(13-29(38-30)39(4)18-31-36-22(3)20-43-31)32(41)37-27(10-12-35-11-6-7-23-8-9-23)19-42-28-16-25(33)15-26(34)17-28/h13-17,20-21,23,27,35H,8-12,18-19H2,1-5H3,(H,37,41)/t27-/m1/s1. The van der Waals surface area contributed by atoms with Gasteiger partial charge in [0.05, 0.1) is 19.1 Å². The fourth-order valence-electron chi connectivity index (χ4n) is 4.24. The van der Waals surface area contributed by atoms with Crippen molar-refractivity contribution in [1.82, 2.24) is 20.6 Å². The Hall–Kier alpha value is -3.40. The fraction of sp³-hybridized carbons (Fsp3) is 0.469. The van der Waals surface area contributed by atoms with E-state index in [-0.39, 0.29) is 18.3 Å². The summed E-state index contributed by atoms with van der Waals surface area (Å²) in [6.07, 6.45) is 2.86. The van der Waals surface area contributed by atoms with E-state index in [1.165, 1.54) is 12.8 Å². The fourth-order valence-corrected chi connectivity index (χ4v) is 5.90. The Morgan fingerprint density at radius 1 is 1.14 bits per heavy atom. The van der Waals surface area contributed by atoms with Crippen molar-refractivity contribution in [3.63, 3.8) is 0 Å². The first-order chi connectivity index (χ1) is 21.0. The van der Waals surface area contributed by atoms with E-state index >= 15 is 0 Å². The minimum Gasteiger partial charge on any atom is -0.491 e. The lowest BCUT2D eigenvalue weighted by atomic mass is 10.1. The Labute approximate surface area is 267 Å². The zero-order valence-electron chi connectivity index (χ0n) is 25.8. The highest BCUT2D eigenvalue weighted by atomic mass is 32.2. The van der Waals surface area contributed by atoms with Crippen molar-refractivity contribution in [2.45, 2.75) is 57.9 Å². The molecule has 1 amide bonds. The van der Waals surface area contributed by atoms with Crippen LogP contribution in [0.25, 0.3) is 0 Å². The number of ether oxygens (including phenoxy) is 1. The SMILES string of the molecule is Cc1csc(CN(C)c2cc(C(=O)N[C@H](CCNCC#CC3CC3)COc3cc(F)cc(F)c3)cc(N(C)SC(C)C)n2)n1. The zero-order valence-corrected chi connectivity index (χ0v) is 27.5. The lowest BCUT2D eigenvalue weighted by molar-refractivity contribution is 0.0918. The molecule has 0 aliphatic heterocycles. The van der Waals surface area contributed by atoms with Gasteiger partial charge in [-0.2, -0.15) is 0 Å². The van der Waals surface area contributed by atoms with Crippen LogP contribution in [0.5, 0.6) is 5.75 Å². The Kier molecular flexibility index (Phi) is 12.2. The van der Waals surface area contributed by atoms with Crippen molar-refractivity contribution in [2.75, 3.05) is 43.0 Å². The van der Waals surface area contributed by atoms with Gasteiger partial charge in [0.15, 0.2) is 0 Å². The number of hydrogen-bond acceptors (Lipinski definition) is 9. The number of halogens is 2. The highest BCUT2D eigenvalue weighted by Crippen LogP contribution is 2.28. The maximum Gasteiger partial charge on any atom is 0.251 e. The molecule has 2 heterocycles. The second-order valence-electron chi connectivity index (χ2n) is 11.1. The van der Waals surface area contributed by atoms with Gasteiger partial charge in [0, 0.05) is 60.1 Å². The van der Waals surface area contributed by atoms with Gasteiger partial charge in [-0.3, -0.25) is 4.79 Å². The van der Waals surface area contributed by atoms with E-state index in [4.69, 9.17) is 9.72 Å². The van der Waals surface area contributed by atoms with Crippen molar-refractivity contribution < 1.29 is 18.3 Å². The number of aromatic nitrogens is 2. The molecule has 2 aromatic heterocycles. The molecule has 12 heteroatoms. The summed E-state index contributed by atoms with van der Waals surface area (Å²) >= 11 is 3.19. The first kappa shape index (κ1) is 33.5. The molecule has 0 spiro atoms. The van der Waals surface area contributed by atoms with Crippen LogP contribution in [0.15, 0.2) is 35.7 Å². The third-order valence-electron chi connectivity index (χ3n) is 6.57. The van der Waals surface area contributed by atoms with Crippen LogP contribution in [-0.2, 0) is 6.54 Å². The highest BCUT2D eigenvalue weighted by Gasteiger charge is 2.20. The number of pyridine rings is 1. The number of hydrogen-bond donors (Lipinski definition) is 2. The number of nitrogens with one attached hydrogen (secondary N) is 2. The predicted molar refractivity (Wildman–Crippen MR) is 175 cm³/mol. The molecule has 1 atom stereocenters. The van der Waals surface area contributed by atoms with Crippen LogP contribution in [0.2, 0.25) is 0 Å². The number of anilines is 2. The Balaban J connectivity index is 1.50. The topological polar surface area (TPSA) is 82.6 Å². The van der Waals surface area contributed by atoms with E-state index in [2.05, 4.69) is 41.3 Å². The summed E-state index contributed by atoms with van der Waals surface area (Å²) in [5.74, 6) is 6.47. The molecule has 1 saturated carbocycles. The van der Waals surface area contributed by atoms with Gasteiger partial charge in [-0.1, -0.05) is 25.7 Å². The summed E-state index contributed by atoms with van der Waals surface area (Å²) in [6, 6.07) is 6.11. The summed E-state index contributed by atoms with van der Waals surface area (Å²) in [5.41, 5.74) is 1.40. The maximum atomic E-state index is 13.8. The molecule has 0 saturated heterocycles. The minimum atomic E-state index is -0.728. The molecule has 1 aliphatic carbocycles. The molecular weight excluding hydrogens is 603 g/mol. The van der Waals surface area contributed by atoms with Crippen LogP contribution >= 0.6 is 23.3 Å². The normalized spacial score (nSPS) is 13.3. The first-order valence-electron chi connectivity index (χ1n) is 14.7. The molecule has 3 aromatic rings. The van der Waals surface area contributed by atoms with Crippen LogP contribution < -0.4 is 24.6 Å². The van der Waals surface area contributed by atoms with Crippen molar-refractivity contribution >= 4 is 40.8 Å². The zero-order chi connectivity index (χ0) is 31.6. The van der Waals surface area contributed by atoms with Gasteiger partial charge in [0.1, 0.15) is 40.6 Å². The van der Waals surface area contributed by atoms with Gasteiger partial charge in [0.2, 0.25) is 0 Å². The molecule has 1 aromatic carbocycles. The second kappa shape index (κ2) is 16.1.